The maximum absolute atomic E-state index is 12.6. The van der Waals surface area contributed by atoms with Crippen LogP contribution in [0.4, 0.5) is 10.5 Å². The molecule has 1 aliphatic heterocycles. The number of anilines is 1. The van der Waals surface area contributed by atoms with Crippen molar-refractivity contribution >= 4 is 23.5 Å². The summed E-state index contributed by atoms with van der Waals surface area (Å²) in [6, 6.07) is 34.4. The Hall–Kier alpha value is -4.55. The molecule has 6 rings (SSSR count). The summed E-state index contributed by atoms with van der Waals surface area (Å²) in [4.78, 5) is 12.6. The predicted molar refractivity (Wildman–Crippen MR) is 167 cm³/mol. The van der Waals surface area contributed by atoms with E-state index in [-0.39, 0.29) is 24.8 Å². The number of hydrogen-bond donors (Lipinski definition) is 3. The molecule has 11 heteroatoms. The largest absolute Gasteiger partial charge is 0.392 e. The number of para-hydroxylation sites is 1. The molecule has 0 spiro atoms. The van der Waals surface area contributed by atoms with E-state index in [9.17, 15) is 9.90 Å². The average Bonchev–Trinajstić information content (AvgIpc) is 3.56. The SMILES string of the molecule is O=C(NCc1ccccc1)Nc1cccc([C@@H]2O[C@H](CSc3nnnn3-c3ccccc3)C[C@H](c3ccc(CO)cc3)O2)c1. The van der Waals surface area contributed by atoms with Gasteiger partial charge in [0.25, 0.3) is 0 Å². The van der Waals surface area contributed by atoms with E-state index in [1.807, 2.05) is 109 Å². The number of thioether (sulfide) groups is 1. The smallest absolute Gasteiger partial charge is 0.319 e. The van der Waals surface area contributed by atoms with E-state index >= 15 is 0 Å². The molecule has 1 saturated heterocycles. The van der Waals surface area contributed by atoms with Gasteiger partial charge in [-0.1, -0.05) is 96.7 Å². The number of aliphatic hydroxyl groups is 1. The fourth-order valence-electron chi connectivity index (χ4n) is 4.91. The van der Waals surface area contributed by atoms with E-state index in [0.717, 1.165) is 27.9 Å². The summed E-state index contributed by atoms with van der Waals surface area (Å²) < 4.78 is 14.7. The molecule has 44 heavy (non-hydrogen) atoms. The van der Waals surface area contributed by atoms with Crippen LogP contribution in [0.1, 0.15) is 41.1 Å². The van der Waals surface area contributed by atoms with Crippen LogP contribution in [-0.2, 0) is 22.6 Å². The number of carbonyl (C=O) groups excluding carboxylic acids is 1. The average molecular weight is 609 g/mol. The van der Waals surface area contributed by atoms with Crippen LogP contribution in [0.15, 0.2) is 114 Å². The Labute approximate surface area is 259 Å². The quantitative estimate of drug-likeness (QED) is 0.170. The molecular weight excluding hydrogens is 576 g/mol. The van der Waals surface area contributed by atoms with E-state index in [2.05, 4.69) is 26.2 Å². The first-order valence-corrected chi connectivity index (χ1v) is 15.3. The van der Waals surface area contributed by atoms with Crippen LogP contribution in [0.5, 0.6) is 0 Å². The van der Waals surface area contributed by atoms with Crippen LogP contribution < -0.4 is 10.6 Å². The first-order valence-electron chi connectivity index (χ1n) is 14.3. The van der Waals surface area contributed by atoms with Crippen molar-refractivity contribution in [2.24, 2.45) is 0 Å². The number of aromatic nitrogens is 4. The van der Waals surface area contributed by atoms with Gasteiger partial charge in [0.05, 0.1) is 24.5 Å². The molecule has 3 N–H and O–H groups in total. The summed E-state index contributed by atoms with van der Waals surface area (Å²) >= 11 is 1.52. The van der Waals surface area contributed by atoms with Gasteiger partial charge in [0.2, 0.25) is 5.16 Å². The Morgan fingerprint density at radius 2 is 1.66 bits per heavy atom. The lowest BCUT2D eigenvalue weighted by molar-refractivity contribution is -0.245. The lowest BCUT2D eigenvalue weighted by Gasteiger charge is -2.36. The first kappa shape index (κ1) is 29.5. The maximum Gasteiger partial charge on any atom is 0.319 e. The number of benzene rings is 4. The number of rotatable bonds is 10. The maximum atomic E-state index is 12.6. The summed E-state index contributed by atoms with van der Waals surface area (Å²) in [7, 11) is 0. The van der Waals surface area contributed by atoms with Crippen molar-refractivity contribution in [3.63, 3.8) is 0 Å². The lowest BCUT2D eigenvalue weighted by Crippen LogP contribution is -2.31. The highest BCUT2D eigenvalue weighted by molar-refractivity contribution is 7.99. The van der Waals surface area contributed by atoms with Crippen molar-refractivity contribution in [1.82, 2.24) is 25.5 Å². The monoisotopic (exact) mass is 608 g/mol. The molecule has 2 amide bonds. The number of amides is 2. The Kier molecular flexibility index (Phi) is 9.58. The number of aliphatic hydroxyl groups excluding tert-OH is 1. The van der Waals surface area contributed by atoms with Gasteiger partial charge >= 0.3 is 6.03 Å². The lowest BCUT2D eigenvalue weighted by atomic mass is 10.0. The van der Waals surface area contributed by atoms with Gasteiger partial charge in [-0.05, 0) is 51.4 Å². The van der Waals surface area contributed by atoms with Crippen molar-refractivity contribution in [1.29, 1.82) is 0 Å². The molecule has 1 aliphatic rings. The number of nitrogens with one attached hydrogen (secondary N) is 2. The fourth-order valence-corrected chi connectivity index (χ4v) is 5.81. The molecule has 2 heterocycles. The molecule has 1 aromatic heterocycles. The molecule has 5 aromatic rings. The van der Waals surface area contributed by atoms with Crippen molar-refractivity contribution in [2.45, 2.75) is 43.2 Å². The van der Waals surface area contributed by atoms with Gasteiger partial charge in [-0.2, -0.15) is 4.68 Å². The van der Waals surface area contributed by atoms with E-state index in [0.29, 0.717) is 29.6 Å². The summed E-state index contributed by atoms with van der Waals surface area (Å²) in [5.41, 5.74) is 5.13. The third-order valence-electron chi connectivity index (χ3n) is 7.17. The summed E-state index contributed by atoms with van der Waals surface area (Å²) in [5, 5.41) is 28.3. The second-order valence-corrected chi connectivity index (χ2v) is 11.3. The van der Waals surface area contributed by atoms with Crippen molar-refractivity contribution in [2.75, 3.05) is 11.1 Å². The highest BCUT2D eigenvalue weighted by atomic mass is 32.2. The van der Waals surface area contributed by atoms with Crippen LogP contribution in [0.3, 0.4) is 0 Å². The van der Waals surface area contributed by atoms with E-state index in [1.165, 1.54) is 11.8 Å². The zero-order valence-corrected chi connectivity index (χ0v) is 24.6. The third-order valence-corrected chi connectivity index (χ3v) is 8.22. The van der Waals surface area contributed by atoms with Crippen LogP contribution in [-0.4, -0.2) is 43.2 Å². The Morgan fingerprint density at radius 3 is 2.43 bits per heavy atom. The van der Waals surface area contributed by atoms with Gasteiger partial charge in [-0.15, -0.1) is 5.10 Å². The topological polar surface area (TPSA) is 123 Å². The Bertz CT molecular complexity index is 1650. The fraction of sp³-hybridized carbons (Fsp3) is 0.212. The van der Waals surface area contributed by atoms with Crippen molar-refractivity contribution < 1.29 is 19.4 Å². The van der Waals surface area contributed by atoms with Crippen LogP contribution >= 0.6 is 11.8 Å². The molecule has 0 aliphatic carbocycles. The molecule has 224 valence electrons. The van der Waals surface area contributed by atoms with Gasteiger partial charge in [0.1, 0.15) is 0 Å². The standard InChI is InChI=1S/C33H32N6O4S/c40-21-24-14-16-25(17-15-24)30-19-29(22-44-33-36-37-38-39(33)28-12-5-2-6-13-28)42-31(43-30)26-10-7-11-27(18-26)35-32(41)34-20-23-8-3-1-4-9-23/h1-18,29-31,40H,19-22H2,(H2,34,35,41)/t29-,30+,31+/m0/s1. The van der Waals surface area contributed by atoms with Gasteiger partial charge in [0.15, 0.2) is 6.29 Å². The highest BCUT2D eigenvalue weighted by Gasteiger charge is 2.33. The van der Waals surface area contributed by atoms with E-state index in [4.69, 9.17) is 9.47 Å². The first-order chi connectivity index (χ1) is 21.6. The summed E-state index contributed by atoms with van der Waals surface area (Å²) in [6.07, 6.45) is -0.485. The predicted octanol–water partition coefficient (Wildman–Crippen LogP) is 5.81. The molecule has 4 aromatic carbocycles. The number of ether oxygens (including phenoxy) is 2. The molecule has 0 radical (unpaired) electrons. The molecule has 1 fully saturated rings. The van der Waals surface area contributed by atoms with Crippen molar-refractivity contribution in [3.8, 4) is 5.69 Å². The number of nitrogens with zero attached hydrogens (tertiary/aromatic N) is 4. The summed E-state index contributed by atoms with van der Waals surface area (Å²) in [6.45, 7) is 0.399. The number of urea groups is 1. The third kappa shape index (κ3) is 7.50. The van der Waals surface area contributed by atoms with Gasteiger partial charge < -0.3 is 25.2 Å². The summed E-state index contributed by atoms with van der Waals surface area (Å²) in [5.74, 6) is 0.595. The molecule has 3 atom stereocenters. The Morgan fingerprint density at radius 1 is 0.886 bits per heavy atom. The van der Waals surface area contributed by atoms with Crippen LogP contribution in [0, 0.1) is 0 Å². The zero-order valence-electron chi connectivity index (χ0n) is 23.8. The normalized spacial score (nSPS) is 18.1. The van der Waals surface area contributed by atoms with Gasteiger partial charge in [0, 0.05) is 30.0 Å². The number of hydrogen-bond acceptors (Lipinski definition) is 8. The van der Waals surface area contributed by atoms with Gasteiger partial charge in [-0.3, -0.25) is 0 Å². The minimum atomic E-state index is -0.670. The van der Waals surface area contributed by atoms with E-state index < -0.39 is 6.29 Å². The minimum Gasteiger partial charge on any atom is -0.392 e. The van der Waals surface area contributed by atoms with E-state index in [1.54, 1.807) is 4.68 Å². The minimum absolute atomic E-state index is 0.0222. The van der Waals surface area contributed by atoms with Crippen molar-refractivity contribution in [3.05, 3.63) is 131 Å². The van der Waals surface area contributed by atoms with Crippen LogP contribution in [0.2, 0.25) is 0 Å². The molecule has 10 nitrogen and oxygen atoms in total. The second-order valence-electron chi connectivity index (χ2n) is 10.3. The molecule has 0 saturated carbocycles. The molecule has 0 unspecified atom stereocenters. The Balaban J connectivity index is 1.17. The second kappa shape index (κ2) is 14.3. The van der Waals surface area contributed by atoms with Crippen LogP contribution in [0.25, 0.3) is 5.69 Å². The highest BCUT2D eigenvalue weighted by Crippen LogP contribution is 2.39. The number of carbonyl (C=O) groups is 1. The number of tetrazole rings is 1. The zero-order chi connectivity index (χ0) is 30.1. The molecule has 0 bridgehead atoms. The van der Waals surface area contributed by atoms with Gasteiger partial charge in [-0.25, -0.2) is 4.79 Å². The molecular formula is C33H32N6O4S.